The van der Waals surface area contributed by atoms with Crippen LogP contribution in [0.5, 0.6) is 0 Å². The van der Waals surface area contributed by atoms with E-state index in [1.54, 1.807) is 27.2 Å². The van der Waals surface area contributed by atoms with Gasteiger partial charge in [-0.15, -0.1) is 75.8 Å². The second kappa shape index (κ2) is 75.5. The number of ether oxygens (including phenoxy) is 6. The van der Waals surface area contributed by atoms with Gasteiger partial charge in [-0.25, -0.2) is 18.8 Å². The molecule has 500 valence electrons. The zero-order valence-corrected chi connectivity index (χ0v) is 56.1. The first-order valence-electron chi connectivity index (χ1n) is 29.7. The maximum absolute atomic E-state index is 8.57. The van der Waals surface area contributed by atoms with Gasteiger partial charge in [0, 0.05) is 88.1 Å². The highest BCUT2D eigenvalue weighted by atomic mass is 16.7. The fourth-order valence-electron chi connectivity index (χ4n) is 5.53. The average molecular weight is 1240 g/mol. The van der Waals surface area contributed by atoms with Crippen molar-refractivity contribution in [1.82, 2.24) is 90.0 Å². The molecule has 27 nitrogen and oxygen atoms in total. The quantitative estimate of drug-likeness (QED) is 0.0169. The number of nitrogens with zero attached hydrogens (tertiary/aromatic N) is 18. The predicted molar refractivity (Wildman–Crippen MR) is 351 cm³/mol. The second-order valence-electron chi connectivity index (χ2n) is 16.8. The van der Waals surface area contributed by atoms with Crippen molar-refractivity contribution in [2.45, 2.75) is 160 Å². The zero-order chi connectivity index (χ0) is 67.7. The molecular weight excluding hydrogens is 1130 g/mol. The third kappa shape index (κ3) is 60.1. The Hall–Kier alpha value is -7.61. The molecule has 0 saturated carbocycles. The van der Waals surface area contributed by atoms with Crippen LogP contribution in [0, 0.1) is 9.93 Å². The summed E-state index contributed by atoms with van der Waals surface area (Å²) in [7, 11) is 5.39. The highest BCUT2D eigenvalue weighted by Gasteiger charge is 2.01. The Bertz CT molecular complexity index is 2310. The van der Waals surface area contributed by atoms with E-state index in [1.807, 2.05) is 72.2 Å². The number of aryl methyl sites for hydroxylation is 9. The monoisotopic (exact) mass is 1240 g/mol. The first-order valence-corrected chi connectivity index (χ1v) is 29.7. The van der Waals surface area contributed by atoms with E-state index >= 15 is 0 Å². The molecule has 0 aliphatic carbocycles. The summed E-state index contributed by atoms with van der Waals surface area (Å²) in [6.07, 6.45) is 23.7. The lowest BCUT2D eigenvalue weighted by Crippen LogP contribution is -2.13. The van der Waals surface area contributed by atoms with Gasteiger partial charge in [-0.2, -0.15) is 0 Å². The van der Waals surface area contributed by atoms with Crippen LogP contribution >= 0.6 is 0 Å². The number of carbonyl (C=O) groups excluding carboxylic acids is 1. The number of rotatable bonds is 31. The third-order valence-electron chi connectivity index (χ3n) is 10.0. The number of hydrogen-bond acceptors (Lipinski definition) is 21. The number of aromatic nitrogens is 18. The molecule has 0 radical (unpaired) electrons. The lowest BCUT2D eigenvalue weighted by molar-refractivity contribution is 0.00244. The van der Waals surface area contributed by atoms with Gasteiger partial charge in [0.05, 0.1) is 113 Å². The van der Waals surface area contributed by atoms with Crippen LogP contribution in [-0.4, -0.2) is 176 Å². The number of allylic oxidation sites excluding steroid dienone is 1. The van der Waals surface area contributed by atoms with Crippen molar-refractivity contribution in [3.05, 3.63) is 146 Å². The molecule has 0 N–H and O–H groups in total. The SMILES string of the molecule is C=C.C=C.C=C.C=C=CC.C=C=O.CCCCn1cc(CC)nn1.CCCOCCn1cc(CC)nn1.CCCOCCn1cc(CC)nn1.CCc1cn(C)nn1.CCc1cn(C)nn1.CCc1cn(CCOCCOCCOCCOC)nn1.O=O. The number of unbranched alkanes of at least 4 members (excludes halogenated alkanes) is 1. The predicted octanol–water partition coefficient (Wildman–Crippen LogP) is 9.29. The van der Waals surface area contributed by atoms with Crippen LogP contribution in [-0.2, 0) is 112 Å². The molecular formula is C61H112N18O9. The Kier molecular flexibility index (Phi) is 78.5. The van der Waals surface area contributed by atoms with Crippen LogP contribution < -0.4 is 0 Å². The van der Waals surface area contributed by atoms with Crippen LogP contribution in [0.25, 0.3) is 0 Å². The molecule has 0 amide bonds. The minimum Gasteiger partial charge on any atom is -0.382 e. The van der Waals surface area contributed by atoms with Crippen LogP contribution in [0.15, 0.2) is 102 Å². The third-order valence-corrected chi connectivity index (χ3v) is 10.0. The van der Waals surface area contributed by atoms with Crippen LogP contribution in [0.4, 0.5) is 0 Å². The summed E-state index contributed by atoms with van der Waals surface area (Å²) < 4.78 is 42.4. The molecule has 88 heavy (non-hydrogen) atoms. The van der Waals surface area contributed by atoms with E-state index in [-0.39, 0.29) is 0 Å². The fourth-order valence-corrected chi connectivity index (χ4v) is 5.53. The summed E-state index contributed by atoms with van der Waals surface area (Å²) in [5, 5.41) is 47.1. The van der Waals surface area contributed by atoms with Crippen molar-refractivity contribution < 1.29 is 33.2 Å². The molecule has 0 aliphatic rings. The Morgan fingerprint density at radius 3 is 0.841 bits per heavy atom. The van der Waals surface area contributed by atoms with Gasteiger partial charge < -0.3 is 28.4 Å². The molecule has 0 spiro atoms. The van der Waals surface area contributed by atoms with E-state index in [0.717, 1.165) is 132 Å². The molecule has 0 aromatic carbocycles. The second-order valence-corrected chi connectivity index (χ2v) is 16.8. The van der Waals surface area contributed by atoms with Crippen LogP contribution in [0.2, 0.25) is 0 Å². The Morgan fingerprint density at radius 1 is 0.398 bits per heavy atom. The molecule has 6 rings (SSSR count). The summed E-state index contributed by atoms with van der Waals surface area (Å²) in [5.41, 5.74) is 8.81. The van der Waals surface area contributed by atoms with Gasteiger partial charge in [0.2, 0.25) is 0 Å². The van der Waals surface area contributed by atoms with Gasteiger partial charge in [-0.3, -0.25) is 14.0 Å². The van der Waals surface area contributed by atoms with E-state index in [0.29, 0.717) is 52.8 Å². The molecule has 0 saturated heterocycles. The number of methoxy groups -OCH3 is 1. The zero-order valence-electron chi connectivity index (χ0n) is 56.1. The summed E-state index contributed by atoms with van der Waals surface area (Å²) in [4.78, 5) is 22.6. The minimum absolute atomic E-state index is 0.575. The summed E-state index contributed by atoms with van der Waals surface area (Å²) >= 11 is 0. The molecule has 0 aliphatic heterocycles. The van der Waals surface area contributed by atoms with E-state index in [1.165, 1.54) is 18.8 Å². The lowest BCUT2D eigenvalue weighted by atomic mass is 10.3. The van der Waals surface area contributed by atoms with Crippen molar-refractivity contribution in [2.24, 2.45) is 14.1 Å². The van der Waals surface area contributed by atoms with Gasteiger partial charge in [-0.1, -0.05) is 107 Å². The van der Waals surface area contributed by atoms with Crippen molar-refractivity contribution in [2.75, 3.05) is 79.8 Å². The first kappa shape index (κ1) is 91.6. The minimum atomic E-state index is 0.575. The summed E-state index contributed by atoms with van der Waals surface area (Å²) in [6, 6.07) is 0. The molecule has 0 bridgehead atoms. The van der Waals surface area contributed by atoms with Gasteiger partial charge in [-0.05, 0) is 77.4 Å². The molecule has 0 unspecified atom stereocenters. The standard InChI is InChI=1S/C13H25N3O4.2C9H17N3O.C8H15N3.2C5H9N3.C4H6.C2H2O.3C2H4.O2/c1-3-13-12-16(15-14-13)4-5-18-8-9-20-11-10-19-7-6-17-2;2*1-3-6-13-7-5-12-8-9(4-2)10-11-12;1-3-5-6-11-7-8(4-2)9-10-11;2*1-3-5-4-8(2)7-6-5;1-3-4-2;1-2-3;4*1-2/h12H,3-11H2,1-2H3;2*8H,3-7H2,1-2H3;7H,3-6H2,1-2H3;2*4H,3H2,1-2H3;4H,1H2,2H3;1H2;3*1-2H2;. The first-order chi connectivity index (χ1) is 42.9. The van der Waals surface area contributed by atoms with E-state index in [4.69, 9.17) is 43.1 Å². The van der Waals surface area contributed by atoms with Crippen molar-refractivity contribution >= 4 is 5.94 Å². The lowest BCUT2D eigenvalue weighted by Gasteiger charge is -2.06. The fraction of sp³-hybridized carbons (Fsp3) is 0.623. The Labute approximate surface area is 526 Å². The van der Waals surface area contributed by atoms with Crippen molar-refractivity contribution in [1.29, 1.82) is 0 Å². The maximum Gasteiger partial charge on any atom is 0.116 e. The normalized spacial score (nSPS) is 9.19. The van der Waals surface area contributed by atoms with Crippen molar-refractivity contribution in [3.8, 4) is 0 Å². The Balaban J connectivity index is -0.000000223. The smallest absolute Gasteiger partial charge is 0.116 e. The molecule has 0 atom stereocenters. The summed E-state index contributed by atoms with van der Waals surface area (Å²) in [5.74, 6) is 1.25. The molecule has 27 heteroatoms. The van der Waals surface area contributed by atoms with E-state index in [9.17, 15) is 0 Å². The summed E-state index contributed by atoms with van der Waals surface area (Å²) in [6.45, 7) is 55.2. The molecule has 6 aromatic heterocycles. The average Bonchev–Trinajstić information content (AvgIpc) is 4.57. The number of hydrogen-bond donors (Lipinski definition) is 0. The highest BCUT2D eigenvalue weighted by Crippen LogP contribution is 1.98. The highest BCUT2D eigenvalue weighted by molar-refractivity contribution is 5.38. The Morgan fingerprint density at radius 2 is 0.636 bits per heavy atom. The van der Waals surface area contributed by atoms with Gasteiger partial charge in [0.25, 0.3) is 0 Å². The van der Waals surface area contributed by atoms with Gasteiger partial charge in [0.1, 0.15) is 5.94 Å². The maximum atomic E-state index is 8.57. The molecule has 6 aromatic rings. The van der Waals surface area contributed by atoms with E-state index < -0.39 is 0 Å². The van der Waals surface area contributed by atoms with Crippen LogP contribution in [0.3, 0.4) is 0 Å². The molecule has 6 heterocycles. The largest absolute Gasteiger partial charge is 0.382 e. The topological polar surface area (TPSA) is 291 Å². The van der Waals surface area contributed by atoms with E-state index in [2.05, 4.69) is 183 Å². The van der Waals surface area contributed by atoms with Crippen molar-refractivity contribution in [3.63, 3.8) is 0 Å². The van der Waals surface area contributed by atoms with Gasteiger partial charge in [0.15, 0.2) is 0 Å². The van der Waals surface area contributed by atoms with Crippen LogP contribution in [0.1, 0.15) is 129 Å². The van der Waals surface area contributed by atoms with Gasteiger partial charge >= 0.3 is 0 Å². The molecule has 0 fully saturated rings.